The van der Waals surface area contributed by atoms with E-state index < -0.39 is 6.17 Å². The Morgan fingerprint density at radius 3 is 2.60 bits per heavy atom. The molecule has 0 saturated heterocycles. The molecular formula is C12H13FO2. The molecule has 1 fully saturated rings. The molecular weight excluding hydrogens is 194 g/mol. The van der Waals surface area contributed by atoms with Crippen LogP contribution in [0.3, 0.4) is 0 Å². The topological polar surface area (TPSA) is 26.3 Å². The summed E-state index contributed by atoms with van der Waals surface area (Å²) in [4.78, 5) is 11.4. The number of rotatable bonds is 3. The summed E-state index contributed by atoms with van der Waals surface area (Å²) in [6.07, 6.45) is -0.152. The van der Waals surface area contributed by atoms with Gasteiger partial charge in [-0.15, -0.1) is 0 Å². The Bertz CT molecular complexity index is 331. The van der Waals surface area contributed by atoms with E-state index in [0.717, 1.165) is 5.56 Å². The van der Waals surface area contributed by atoms with Crippen molar-refractivity contribution < 1.29 is 13.9 Å². The van der Waals surface area contributed by atoms with Crippen molar-refractivity contribution in [2.45, 2.75) is 25.6 Å². The summed E-state index contributed by atoms with van der Waals surface area (Å²) in [5.74, 6) is -0.489. The van der Waals surface area contributed by atoms with E-state index in [1.54, 1.807) is 0 Å². The second-order valence-electron chi connectivity index (χ2n) is 3.86. The first-order chi connectivity index (χ1) is 7.25. The van der Waals surface area contributed by atoms with Crippen molar-refractivity contribution in [2.75, 3.05) is 0 Å². The minimum absolute atomic E-state index is 0.219. The molecule has 80 valence electrons. The van der Waals surface area contributed by atoms with E-state index in [0.29, 0.717) is 12.8 Å². The van der Waals surface area contributed by atoms with Crippen LogP contribution >= 0.6 is 0 Å². The van der Waals surface area contributed by atoms with E-state index in [1.165, 1.54) is 0 Å². The Hall–Kier alpha value is -1.38. The Morgan fingerprint density at radius 2 is 2.00 bits per heavy atom. The number of carbonyl (C=O) groups excluding carboxylic acids is 1. The predicted octanol–water partition coefficient (Wildman–Crippen LogP) is 2.48. The minimum atomic E-state index is -0.806. The number of benzene rings is 1. The average Bonchev–Trinajstić information content (AvgIpc) is 2.23. The Labute approximate surface area is 88.1 Å². The third-order valence-electron chi connectivity index (χ3n) is 2.64. The number of alkyl halides is 1. The van der Waals surface area contributed by atoms with Crippen LogP contribution in [-0.4, -0.2) is 12.1 Å². The highest BCUT2D eigenvalue weighted by Crippen LogP contribution is 2.31. The van der Waals surface area contributed by atoms with Gasteiger partial charge < -0.3 is 4.74 Å². The molecule has 1 saturated carbocycles. The molecule has 2 nitrogen and oxygen atoms in total. The molecule has 0 heterocycles. The average molecular weight is 207 g/mol. The molecule has 0 bridgehead atoms. The minimum Gasteiger partial charge on any atom is -0.461 e. The normalized spacial score (nSPS) is 24.3. The predicted molar refractivity (Wildman–Crippen MR) is 53.9 cm³/mol. The van der Waals surface area contributed by atoms with Gasteiger partial charge in [-0.05, 0) is 18.4 Å². The maximum atomic E-state index is 12.5. The number of ether oxygens (including phenoxy) is 1. The lowest BCUT2D eigenvalue weighted by atomic mass is 9.83. The lowest BCUT2D eigenvalue weighted by molar-refractivity contribution is -0.155. The van der Waals surface area contributed by atoms with Crippen LogP contribution in [0.4, 0.5) is 4.39 Å². The first-order valence-electron chi connectivity index (χ1n) is 5.10. The fraction of sp³-hybridized carbons (Fsp3) is 0.417. The zero-order valence-corrected chi connectivity index (χ0v) is 8.36. The summed E-state index contributed by atoms with van der Waals surface area (Å²) < 4.78 is 17.6. The fourth-order valence-electron chi connectivity index (χ4n) is 1.59. The summed E-state index contributed by atoms with van der Waals surface area (Å²) in [5, 5.41) is 0. The first-order valence-corrected chi connectivity index (χ1v) is 5.10. The molecule has 15 heavy (non-hydrogen) atoms. The molecule has 0 spiro atoms. The summed E-state index contributed by atoms with van der Waals surface area (Å²) in [5.41, 5.74) is 0.960. The van der Waals surface area contributed by atoms with Gasteiger partial charge >= 0.3 is 5.97 Å². The lowest BCUT2D eigenvalue weighted by Gasteiger charge is -2.27. The molecule has 0 aliphatic heterocycles. The quantitative estimate of drug-likeness (QED) is 0.712. The molecule has 0 atom stereocenters. The van der Waals surface area contributed by atoms with Gasteiger partial charge in [0.05, 0.1) is 5.92 Å². The molecule has 1 aromatic carbocycles. The molecule has 1 aliphatic rings. The van der Waals surface area contributed by atoms with Gasteiger partial charge in [0, 0.05) is 0 Å². The maximum Gasteiger partial charge on any atom is 0.309 e. The summed E-state index contributed by atoms with van der Waals surface area (Å²) >= 11 is 0. The molecule has 1 aromatic rings. The third-order valence-corrected chi connectivity index (χ3v) is 2.64. The molecule has 0 N–H and O–H groups in total. The van der Waals surface area contributed by atoms with Crippen molar-refractivity contribution >= 4 is 5.97 Å². The number of carbonyl (C=O) groups is 1. The first kappa shape index (κ1) is 10.1. The number of hydrogen-bond donors (Lipinski definition) is 0. The van der Waals surface area contributed by atoms with Gasteiger partial charge in [-0.25, -0.2) is 4.39 Å². The highest BCUT2D eigenvalue weighted by molar-refractivity contribution is 5.73. The standard InChI is InChI=1S/C12H13FO2/c13-11-6-10(7-11)12(14)15-8-9-4-2-1-3-5-9/h1-5,10-11H,6-8H2/i13-1. The molecule has 0 unspecified atom stereocenters. The van der Waals surface area contributed by atoms with Crippen LogP contribution in [0.25, 0.3) is 0 Å². The molecule has 0 aromatic heterocycles. The maximum absolute atomic E-state index is 12.5. The van der Waals surface area contributed by atoms with Gasteiger partial charge in [-0.1, -0.05) is 30.3 Å². The van der Waals surface area contributed by atoms with E-state index in [-0.39, 0.29) is 18.5 Å². The largest absolute Gasteiger partial charge is 0.461 e. The molecule has 3 heteroatoms. The lowest BCUT2D eigenvalue weighted by Crippen LogP contribution is -2.32. The number of esters is 1. The van der Waals surface area contributed by atoms with Crippen molar-refractivity contribution in [1.82, 2.24) is 0 Å². The SMILES string of the molecule is O=C(OCc1ccccc1)C1CC([18F])C1. The zero-order valence-electron chi connectivity index (χ0n) is 8.36. The van der Waals surface area contributed by atoms with Crippen LogP contribution in [-0.2, 0) is 16.1 Å². The summed E-state index contributed by atoms with van der Waals surface area (Å²) in [6, 6.07) is 9.48. The van der Waals surface area contributed by atoms with Crippen LogP contribution in [0.5, 0.6) is 0 Å². The highest BCUT2D eigenvalue weighted by atomic mass is 18.2. The van der Waals surface area contributed by atoms with E-state index in [1.807, 2.05) is 30.3 Å². The van der Waals surface area contributed by atoms with Crippen LogP contribution in [0.2, 0.25) is 0 Å². The summed E-state index contributed by atoms with van der Waals surface area (Å²) in [7, 11) is 0. The van der Waals surface area contributed by atoms with Crippen molar-refractivity contribution in [3.63, 3.8) is 0 Å². The van der Waals surface area contributed by atoms with Gasteiger partial charge in [0.1, 0.15) is 12.8 Å². The van der Waals surface area contributed by atoms with Gasteiger partial charge in [0.2, 0.25) is 0 Å². The van der Waals surface area contributed by atoms with Gasteiger partial charge in [-0.2, -0.15) is 0 Å². The van der Waals surface area contributed by atoms with Gasteiger partial charge in [0.15, 0.2) is 0 Å². The van der Waals surface area contributed by atoms with Crippen LogP contribution < -0.4 is 0 Å². The Morgan fingerprint density at radius 1 is 1.33 bits per heavy atom. The molecule has 0 radical (unpaired) electrons. The van der Waals surface area contributed by atoms with E-state index in [2.05, 4.69) is 0 Å². The molecule has 2 rings (SSSR count). The van der Waals surface area contributed by atoms with E-state index in [4.69, 9.17) is 4.74 Å². The van der Waals surface area contributed by atoms with E-state index >= 15 is 0 Å². The molecule has 0 amide bonds. The van der Waals surface area contributed by atoms with Crippen LogP contribution in [0, 0.1) is 5.92 Å². The third kappa shape index (κ3) is 2.55. The van der Waals surface area contributed by atoms with Crippen molar-refractivity contribution in [1.29, 1.82) is 0 Å². The van der Waals surface area contributed by atoms with Crippen LogP contribution in [0.15, 0.2) is 30.3 Å². The second kappa shape index (κ2) is 4.43. The van der Waals surface area contributed by atoms with Crippen molar-refractivity contribution in [2.24, 2.45) is 5.92 Å². The van der Waals surface area contributed by atoms with Gasteiger partial charge in [0.25, 0.3) is 0 Å². The number of hydrogen-bond acceptors (Lipinski definition) is 2. The van der Waals surface area contributed by atoms with E-state index in [9.17, 15) is 9.18 Å². The molecule has 1 aliphatic carbocycles. The second-order valence-corrected chi connectivity index (χ2v) is 3.86. The monoisotopic (exact) mass is 207 g/mol. The van der Waals surface area contributed by atoms with Crippen molar-refractivity contribution in [3.8, 4) is 0 Å². The van der Waals surface area contributed by atoms with Crippen LogP contribution in [0.1, 0.15) is 18.4 Å². The zero-order chi connectivity index (χ0) is 10.7. The Balaban J connectivity index is 1.76. The van der Waals surface area contributed by atoms with Crippen molar-refractivity contribution in [3.05, 3.63) is 35.9 Å². The smallest absolute Gasteiger partial charge is 0.309 e. The summed E-state index contributed by atoms with van der Waals surface area (Å²) in [6.45, 7) is 0.285. The highest BCUT2D eigenvalue weighted by Gasteiger charge is 2.35. The Kier molecular flexibility index (Phi) is 2.99. The van der Waals surface area contributed by atoms with Gasteiger partial charge in [-0.3, -0.25) is 4.79 Å². The fourth-order valence-corrected chi connectivity index (χ4v) is 1.59. The number of halogens is 1.